The largest absolute Gasteiger partial charge is 0.394 e. The molecule has 18 heavy (non-hydrogen) atoms. The van der Waals surface area contributed by atoms with Crippen molar-refractivity contribution in [3.63, 3.8) is 0 Å². The fraction of sp³-hybridized carbons (Fsp3) is 0.231. The van der Waals surface area contributed by atoms with E-state index >= 15 is 0 Å². The molecule has 94 valence electrons. The summed E-state index contributed by atoms with van der Waals surface area (Å²) in [5.41, 5.74) is 8.73. The highest BCUT2D eigenvalue weighted by Crippen LogP contribution is 2.17. The Kier molecular flexibility index (Phi) is 3.99. The second-order valence-electron chi connectivity index (χ2n) is 3.97. The third-order valence-corrected chi connectivity index (χ3v) is 2.86. The van der Waals surface area contributed by atoms with Crippen molar-refractivity contribution >= 4 is 23.1 Å². The van der Waals surface area contributed by atoms with Gasteiger partial charge >= 0.3 is 0 Å². The molecule has 2 rings (SSSR count). The van der Waals surface area contributed by atoms with Crippen molar-refractivity contribution < 1.29 is 0 Å². The molecule has 5 heteroatoms. The van der Waals surface area contributed by atoms with Gasteiger partial charge < -0.3 is 11.1 Å². The lowest BCUT2D eigenvalue weighted by atomic mass is 10.1. The third-order valence-electron chi connectivity index (χ3n) is 2.68. The lowest BCUT2D eigenvalue weighted by molar-refractivity contribution is 1.07. The number of nitrogen functional groups attached to an aromatic ring is 1. The van der Waals surface area contributed by atoms with Gasteiger partial charge in [0.15, 0.2) is 5.82 Å². The zero-order valence-corrected chi connectivity index (χ0v) is 10.9. The number of hydrogen-bond acceptors (Lipinski definition) is 4. The lowest BCUT2D eigenvalue weighted by Crippen LogP contribution is -2.05. The van der Waals surface area contributed by atoms with Crippen LogP contribution in [0.5, 0.6) is 0 Å². The van der Waals surface area contributed by atoms with Gasteiger partial charge in [0.1, 0.15) is 0 Å². The van der Waals surface area contributed by atoms with Gasteiger partial charge in [-0.3, -0.25) is 0 Å². The summed E-state index contributed by atoms with van der Waals surface area (Å²) in [6, 6.07) is 8.41. The normalized spacial score (nSPS) is 10.3. The molecule has 0 radical (unpaired) electrons. The van der Waals surface area contributed by atoms with Crippen LogP contribution in [-0.2, 0) is 13.0 Å². The van der Waals surface area contributed by atoms with E-state index in [-0.39, 0.29) is 5.28 Å². The van der Waals surface area contributed by atoms with Crippen molar-refractivity contribution in [2.24, 2.45) is 0 Å². The molecule has 0 aliphatic carbocycles. The molecule has 0 atom stereocenters. The smallest absolute Gasteiger partial charge is 0.224 e. The second-order valence-corrected chi connectivity index (χ2v) is 4.30. The molecule has 1 heterocycles. The Morgan fingerprint density at radius 2 is 1.89 bits per heavy atom. The van der Waals surface area contributed by atoms with E-state index < -0.39 is 0 Å². The third kappa shape index (κ3) is 3.11. The van der Waals surface area contributed by atoms with Gasteiger partial charge in [-0.2, -0.15) is 4.98 Å². The second kappa shape index (κ2) is 5.69. The van der Waals surface area contributed by atoms with Gasteiger partial charge in [0.25, 0.3) is 0 Å². The van der Waals surface area contributed by atoms with Crippen LogP contribution in [0.15, 0.2) is 30.5 Å². The van der Waals surface area contributed by atoms with Gasteiger partial charge in [-0.05, 0) is 29.1 Å². The van der Waals surface area contributed by atoms with Crippen LogP contribution in [0.3, 0.4) is 0 Å². The summed E-state index contributed by atoms with van der Waals surface area (Å²) >= 11 is 5.72. The average Bonchev–Trinajstić information content (AvgIpc) is 2.40. The molecule has 2 aromatic rings. The molecule has 3 N–H and O–H groups in total. The number of hydrogen-bond donors (Lipinski definition) is 2. The minimum atomic E-state index is 0.188. The molecule has 0 saturated carbocycles. The molecule has 0 fully saturated rings. The van der Waals surface area contributed by atoms with Crippen LogP contribution in [0.2, 0.25) is 5.28 Å². The number of anilines is 2. The van der Waals surface area contributed by atoms with E-state index in [1.54, 1.807) is 0 Å². The Hall–Kier alpha value is -1.81. The summed E-state index contributed by atoms with van der Waals surface area (Å²) in [6.45, 7) is 2.79. The first kappa shape index (κ1) is 12.6. The number of nitrogens with zero attached hydrogens (tertiary/aromatic N) is 2. The van der Waals surface area contributed by atoms with E-state index in [1.807, 2.05) is 0 Å². The van der Waals surface area contributed by atoms with E-state index in [1.165, 1.54) is 17.3 Å². The monoisotopic (exact) mass is 262 g/mol. The van der Waals surface area contributed by atoms with Gasteiger partial charge in [-0.1, -0.05) is 31.2 Å². The van der Waals surface area contributed by atoms with Crippen molar-refractivity contribution in [1.29, 1.82) is 0 Å². The van der Waals surface area contributed by atoms with Crippen molar-refractivity contribution in [1.82, 2.24) is 9.97 Å². The van der Waals surface area contributed by atoms with Crippen LogP contribution >= 0.6 is 11.6 Å². The first-order chi connectivity index (χ1) is 8.69. The van der Waals surface area contributed by atoms with Gasteiger partial charge in [0.2, 0.25) is 5.28 Å². The molecule has 0 unspecified atom stereocenters. The summed E-state index contributed by atoms with van der Waals surface area (Å²) < 4.78 is 0. The quantitative estimate of drug-likeness (QED) is 0.832. The summed E-state index contributed by atoms with van der Waals surface area (Å²) in [5.74, 6) is 0.564. The van der Waals surface area contributed by atoms with Gasteiger partial charge in [-0.25, -0.2) is 4.98 Å². The highest BCUT2D eigenvalue weighted by atomic mass is 35.5. The topological polar surface area (TPSA) is 63.8 Å². The molecule has 0 aliphatic rings. The van der Waals surface area contributed by atoms with Crippen LogP contribution < -0.4 is 11.1 Å². The molecule has 0 aliphatic heterocycles. The zero-order valence-electron chi connectivity index (χ0n) is 10.2. The van der Waals surface area contributed by atoms with Crippen LogP contribution in [0.4, 0.5) is 11.5 Å². The molecular formula is C13H15ClN4. The van der Waals surface area contributed by atoms with E-state index in [4.69, 9.17) is 17.3 Å². The van der Waals surface area contributed by atoms with E-state index in [9.17, 15) is 0 Å². The number of aromatic nitrogens is 2. The molecule has 0 bridgehead atoms. The fourth-order valence-corrected chi connectivity index (χ4v) is 1.72. The van der Waals surface area contributed by atoms with Gasteiger partial charge in [-0.15, -0.1) is 0 Å². The number of nitrogens with two attached hydrogens (primary N) is 1. The van der Waals surface area contributed by atoms with E-state index in [2.05, 4.69) is 46.5 Å². The Morgan fingerprint density at radius 3 is 2.56 bits per heavy atom. The maximum absolute atomic E-state index is 5.75. The SMILES string of the molecule is CCc1ccc(CNc2nc(Cl)ncc2N)cc1. The molecular weight excluding hydrogens is 248 g/mol. The van der Waals surface area contributed by atoms with Crippen LogP contribution in [0.1, 0.15) is 18.1 Å². The fourth-order valence-electron chi connectivity index (χ4n) is 1.59. The number of benzene rings is 1. The number of rotatable bonds is 4. The minimum Gasteiger partial charge on any atom is -0.394 e. The molecule has 1 aromatic carbocycles. The number of aryl methyl sites for hydroxylation is 1. The van der Waals surface area contributed by atoms with Crippen LogP contribution in [0, 0.1) is 0 Å². The predicted octanol–water partition coefficient (Wildman–Crippen LogP) is 2.89. The summed E-state index contributed by atoms with van der Waals surface area (Å²) in [4.78, 5) is 7.85. The van der Waals surface area contributed by atoms with Crippen molar-refractivity contribution in [3.8, 4) is 0 Å². The summed E-state index contributed by atoms with van der Waals surface area (Å²) in [5, 5.41) is 3.33. The molecule has 4 nitrogen and oxygen atoms in total. The Morgan fingerprint density at radius 1 is 1.22 bits per heavy atom. The predicted molar refractivity (Wildman–Crippen MR) is 74.6 cm³/mol. The van der Waals surface area contributed by atoms with Crippen LogP contribution in [-0.4, -0.2) is 9.97 Å². The Balaban J connectivity index is 2.04. The maximum Gasteiger partial charge on any atom is 0.224 e. The Labute approximate surface area is 111 Å². The minimum absolute atomic E-state index is 0.188. The first-order valence-electron chi connectivity index (χ1n) is 5.78. The summed E-state index contributed by atoms with van der Waals surface area (Å²) in [7, 11) is 0. The zero-order chi connectivity index (χ0) is 13.0. The van der Waals surface area contributed by atoms with Gasteiger partial charge in [0.05, 0.1) is 11.9 Å². The van der Waals surface area contributed by atoms with Crippen LogP contribution in [0.25, 0.3) is 0 Å². The molecule has 1 aromatic heterocycles. The maximum atomic E-state index is 5.75. The molecule has 0 amide bonds. The van der Waals surface area contributed by atoms with E-state index in [0.717, 1.165) is 6.42 Å². The highest BCUT2D eigenvalue weighted by Gasteiger charge is 2.02. The standard InChI is InChI=1S/C13H15ClN4/c1-2-9-3-5-10(6-4-9)7-16-12-11(15)8-17-13(14)18-12/h3-6,8H,2,7,15H2,1H3,(H,16,17,18). The average molecular weight is 263 g/mol. The highest BCUT2D eigenvalue weighted by molar-refractivity contribution is 6.28. The van der Waals surface area contributed by atoms with Crippen molar-refractivity contribution in [2.45, 2.75) is 19.9 Å². The van der Waals surface area contributed by atoms with Crippen molar-refractivity contribution in [2.75, 3.05) is 11.1 Å². The van der Waals surface area contributed by atoms with Gasteiger partial charge in [0, 0.05) is 6.54 Å². The number of halogens is 1. The lowest BCUT2D eigenvalue weighted by Gasteiger charge is -2.08. The summed E-state index contributed by atoms with van der Waals surface area (Å²) in [6.07, 6.45) is 2.54. The number of nitrogens with one attached hydrogen (secondary N) is 1. The Bertz CT molecular complexity index is 525. The van der Waals surface area contributed by atoms with E-state index in [0.29, 0.717) is 18.1 Å². The molecule has 0 spiro atoms. The molecule has 0 saturated heterocycles. The van der Waals surface area contributed by atoms with Crippen molar-refractivity contribution in [3.05, 3.63) is 46.9 Å². The first-order valence-corrected chi connectivity index (χ1v) is 6.16.